The number of halogens is 1. The smallest absolute Gasteiger partial charge is 0.382 e. The van der Waals surface area contributed by atoms with E-state index in [0.29, 0.717) is 11.3 Å². The van der Waals surface area contributed by atoms with Gasteiger partial charge in [0.1, 0.15) is 0 Å². The summed E-state index contributed by atoms with van der Waals surface area (Å²) in [6.45, 7) is 1.80. The highest BCUT2D eigenvalue weighted by Crippen LogP contribution is 2.21. The van der Waals surface area contributed by atoms with Crippen LogP contribution >= 0.6 is 15.9 Å². The maximum absolute atomic E-state index is 10.2. The van der Waals surface area contributed by atoms with Gasteiger partial charge in [0, 0.05) is 21.6 Å². The minimum atomic E-state index is -1.15. The molecule has 1 aromatic carbocycles. The summed E-state index contributed by atoms with van der Waals surface area (Å²) in [6.07, 6.45) is 0. The van der Waals surface area contributed by atoms with Gasteiger partial charge < -0.3 is 10.8 Å². The van der Waals surface area contributed by atoms with Crippen LogP contribution in [0.1, 0.15) is 11.1 Å². The van der Waals surface area contributed by atoms with Crippen LogP contribution < -0.4 is 5.73 Å². The molecule has 72 valence electrons. The Hall–Kier alpha value is -1.47. The number of benzene rings is 1. The van der Waals surface area contributed by atoms with E-state index in [2.05, 4.69) is 21.9 Å². The highest BCUT2D eigenvalue weighted by atomic mass is 79.9. The Labute approximate surface area is 90.1 Å². The van der Waals surface area contributed by atoms with E-state index >= 15 is 0 Å². The summed E-state index contributed by atoms with van der Waals surface area (Å²) in [6, 6.07) is 3.49. The van der Waals surface area contributed by atoms with Crippen LogP contribution in [-0.2, 0) is 4.79 Å². The van der Waals surface area contributed by atoms with Crippen LogP contribution in [0.2, 0.25) is 0 Å². The zero-order chi connectivity index (χ0) is 10.7. The first-order valence-electron chi connectivity index (χ1n) is 3.81. The molecular weight excluding hydrogens is 246 g/mol. The first kappa shape index (κ1) is 10.6. The molecule has 0 amide bonds. The third kappa shape index (κ3) is 2.51. The second kappa shape index (κ2) is 4.16. The summed E-state index contributed by atoms with van der Waals surface area (Å²) < 4.78 is 0.787. The predicted molar refractivity (Wildman–Crippen MR) is 57.8 cm³/mol. The third-order valence-electron chi connectivity index (χ3n) is 1.72. The molecule has 1 rings (SSSR count). The molecular formula is C10H8BrNO2. The number of hydrogen-bond acceptors (Lipinski definition) is 2. The van der Waals surface area contributed by atoms with Crippen LogP contribution in [0, 0.1) is 18.8 Å². The number of anilines is 1. The highest BCUT2D eigenvalue weighted by molar-refractivity contribution is 9.10. The molecule has 0 aliphatic heterocycles. The molecule has 0 aliphatic rings. The van der Waals surface area contributed by atoms with Crippen molar-refractivity contribution in [2.24, 2.45) is 0 Å². The molecule has 0 spiro atoms. The van der Waals surface area contributed by atoms with Gasteiger partial charge in [-0.25, -0.2) is 4.79 Å². The largest absolute Gasteiger partial charge is 0.472 e. The Morgan fingerprint density at radius 2 is 2.21 bits per heavy atom. The monoisotopic (exact) mass is 253 g/mol. The van der Waals surface area contributed by atoms with E-state index in [4.69, 9.17) is 10.8 Å². The van der Waals surface area contributed by atoms with Crippen molar-refractivity contribution in [3.8, 4) is 11.8 Å². The minimum Gasteiger partial charge on any atom is -0.472 e. The number of rotatable bonds is 0. The molecule has 0 saturated carbocycles. The lowest BCUT2D eigenvalue weighted by molar-refractivity contribution is -0.130. The molecule has 0 fully saturated rings. The lowest BCUT2D eigenvalue weighted by atomic mass is 10.1. The lowest BCUT2D eigenvalue weighted by Crippen LogP contribution is -1.94. The van der Waals surface area contributed by atoms with Crippen LogP contribution in [0.5, 0.6) is 0 Å². The van der Waals surface area contributed by atoms with Crippen LogP contribution in [0.15, 0.2) is 16.6 Å². The molecule has 0 atom stereocenters. The Morgan fingerprint density at radius 3 is 2.79 bits per heavy atom. The second-order valence-corrected chi connectivity index (χ2v) is 3.64. The molecule has 1 aromatic rings. The van der Waals surface area contributed by atoms with Gasteiger partial charge in [0.2, 0.25) is 0 Å². The summed E-state index contributed by atoms with van der Waals surface area (Å²) in [5.74, 6) is 3.43. The maximum atomic E-state index is 10.2. The van der Waals surface area contributed by atoms with Crippen molar-refractivity contribution in [1.29, 1.82) is 0 Å². The van der Waals surface area contributed by atoms with Crippen molar-refractivity contribution in [3.05, 3.63) is 27.7 Å². The minimum absolute atomic E-state index is 0.592. The maximum Gasteiger partial charge on any atom is 0.382 e. The molecule has 3 nitrogen and oxygen atoms in total. The van der Waals surface area contributed by atoms with E-state index < -0.39 is 5.97 Å². The number of nitrogen functional groups attached to an aromatic ring is 1. The van der Waals surface area contributed by atoms with Crippen molar-refractivity contribution in [3.63, 3.8) is 0 Å². The second-order valence-electron chi connectivity index (χ2n) is 2.72. The zero-order valence-electron chi connectivity index (χ0n) is 7.47. The van der Waals surface area contributed by atoms with Crippen LogP contribution in [0.25, 0.3) is 0 Å². The van der Waals surface area contributed by atoms with Crippen LogP contribution in [0.3, 0.4) is 0 Å². The number of carboxylic acids is 1. The van der Waals surface area contributed by atoms with Crippen molar-refractivity contribution in [2.75, 3.05) is 5.73 Å². The van der Waals surface area contributed by atoms with Gasteiger partial charge in [-0.1, -0.05) is 21.9 Å². The molecule has 0 bridgehead atoms. The normalized spacial score (nSPS) is 9.00. The van der Waals surface area contributed by atoms with Gasteiger partial charge in [0.25, 0.3) is 0 Å². The van der Waals surface area contributed by atoms with Gasteiger partial charge in [0.05, 0.1) is 0 Å². The summed E-state index contributed by atoms with van der Waals surface area (Å²) in [4.78, 5) is 10.2. The van der Waals surface area contributed by atoms with E-state index in [0.717, 1.165) is 10.0 Å². The van der Waals surface area contributed by atoms with Crippen molar-refractivity contribution in [1.82, 2.24) is 0 Å². The Bertz CT molecular complexity index is 443. The van der Waals surface area contributed by atoms with E-state index in [1.54, 1.807) is 19.1 Å². The predicted octanol–water partition coefficient (Wildman–Crippen LogP) is 1.78. The fraction of sp³-hybridized carbons (Fsp3) is 0.100. The molecule has 0 radical (unpaired) electrons. The summed E-state index contributed by atoms with van der Waals surface area (Å²) >= 11 is 3.26. The number of hydrogen-bond donors (Lipinski definition) is 2. The molecule has 0 aliphatic carbocycles. The lowest BCUT2D eigenvalue weighted by Gasteiger charge is -2.03. The summed E-state index contributed by atoms with van der Waals surface area (Å²) in [5.41, 5.74) is 7.69. The van der Waals surface area contributed by atoms with E-state index in [-0.39, 0.29) is 0 Å². The van der Waals surface area contributed by atoms with Gasteiger partial charge >= 0.3 is 5.97 Å². The van der Waals surface area contributed by atoms with Gasteiger partial charge in [-0.05, 0) is 24.6 Å². The first-order valence-corrected chi connectivity index (χ1v) is 4.60. The van der Waals surface area contributed by atoms with Crippen molar-refractivity contribution in [2.45, 2.75) is 6.92 Å². The SMILES string of the molecule is Cc1c(N)cc(Br)cc1C#CC(=O)O. The van der Waals surface area contributed by atoms with Crippen molar-refractivity contribution >= 4 is 27.6 Å². The van der Waals surface area contributed by atoms with Gasteiger partial charge in [-0.15, -0.1) is 0 Å². The Kier molecular flexibility index (Phi) is 3.15. The molecule has 14 heavy (non-hydrogen) atoms. The Balaban J connectivity index is 3.23. The average Bonchev–Trinajstić information content (AvgIpc) is 2.08. The van der Waals surface area contributed by atoms with Gasteiger partial charge in [-0.3, -0.25) is 0 Å². The van der Waals surface area contributed by atoms with Gasteiger partial charge in [-0.2, -0.15) is 0 Å². The van der Waals surface area contributed by atoms with Crippen LogP contribution in [-0.4, -0.2) is 11.1 Å². The third-order valence-corrected chi connectivity index (χ3v) is 2.17. The summed E-state index contributed by atoms with van der Waals surface area (Å²) in [7, 11) is 0. The zero-order valence-corrected chi connectivity index (χ0v) is 9.05. The molecule has 0 unspecified atom stereocenters. The molecule has 0 saturated heterocycles. The number of aliphatic carboxylic acids is 1. The molecule has 0 aromatic heterocycles. The average molecular weight is 254 g/mol. The van der Waals surface area contributed by atoms with E-state index in [1.807, 2.05) is 5.92 Å². The summed E-state index contributed by atoms with van der Waals surface area (Å²) in [5, 5.41) is 8.39. The van der Waals surface area contributed by atoms with Crippen molar-refractivity contribution < 1.29 is 9.90 Å². The van der Waals surface area contributed by atoms with Crippen LogP contribution in [0.4, 0.5) is 5.69 Å². The molecule has 0 heterocycles. The first-order chi connectivity index (χ1) is 6.50. The van der Waals surface area contributed by atoms with Gasteiger partial charge in [0.15, 0.2) is 0 Å². The fourth-order valence-corrected chi connectivity index (χ4v) is 1.43. The molecule has 4 heteroatoms. The van der Waals surface area contributed by atoms with E-state index in [9.17, 15) is 4.79 Å². The van der Waals surface area contributed by atoms with E-state index in [1.165, 1.54) is 0 Å². The number of nitrogens with two attached hydrogens (primary N) is 1. The topological polar surface area (TPSA) is 63.3 Å². The number of carboxylic acid groups (broad SMARTS) is 1. The fourth-order valence-electron chi connectivity index (χ4n) is 0.951. The highest BCUT2D eigenvalue weighted by Gasteiger charge is 2.01. The Morgan fingerprint density at radius 1 is 1.57 bits per heavy atom. The quantitative estimate of drug-likeness (QED) is 0.547. The standard InChI is InChI=1S/C10H8BrNO2/c1-6-7(2-3-10(13)14)4-8(11)5-9(6)12/h4-5H,12H2,1H3,(H,13,14). The number of carbonyl (C=O) groups is 1. The molecule has 3 N–H and O–H groups in total.